The lowest BCUT2D eigenvalue weighted by Gasteiger charge is -2.34. The summed E-state index contributed by atoms with van der Waals surface area (Å²) in [6, 6.07) is 12.0. The van der Waals surface area contributed by atoms with Gasteiger partial charge in [-0.2, -0.15) is 0 Å². The highest BCUT2D eigenvalue weighted by Crippen LogP contribution is 2.14. The topological polar surface area (TPSA) is 94.6 Å². The van der Waals surface area contributed by atoms with E-state index in [0.29, 0.717) is 56.2 Å². The van der Waals surface area contributed by atoms with Crippen LogP contribution in [0.5, 0.6) is 0 Å². The standard InChI is InChI=1S/C23H29N5O3/c1-2-3-11-25-21(29)17-27-13-15-28(16-14-27)23(31)18-7-9-19(10-8-18)26-22(30)20-6-4-5-12-24-20/h4-10,12H,2-3,11,13-17H2,1H3,(H,25,29)(H,26,30). The maximum atomic E-state index is 12.8. The molecule has 0 spiro atoms. The number of piperazine rings is 1. The summed E-state index contributed by atoms with van der Waals surface area (Å²) in [5.41, 5.74) is 1.51. The second-order valence-electron chi connectivity index (χ2n) is 7.52. The molecule has 3 rings (SSSR count). The van der Waals surface area contributed by atoms with Crippen molar-refractivity contribution < 1.29 is 14.4 Å². The number of benzene rings is 1. The van der Waals surface area contributed by atoms with Crippen molar-refractivity contribution in [1.82, 2.24) is 20.1 Å². The van der Waals surface area contributed by atoms with Crippen LogP contribution >= 0.6 is 0 Å². The summed E-state index contributed by atoms with van der Waals surface area (Å²) in [5.74, 6) is -0.305. The van der Waals surface area contributed by atoms with Gasteiger partial charge in [0.2, 0.25) is 5.91 Å². The first-order valence-corrected chi connectivity index (χ1v) is 10.7. The van der Waals surface area contributed by atoms with E-state index in [0.717, 1.165) is 12.8 Å². The second-order valence-corrected chi connectivity index (χ2v) is 7.52. The average molecular weight is 424 g/mol. The van der Waals surface area contributed by atoms with Crippen molar-refractivity contribution in [2.24, 2.45) is 0 Å². The van der Waals surface area contributed by atoms with Crippen molar-refractivity contribution in [3.63, 3.8) is 0 Å². The number of carbonyl (C=O) groups excluding carboxylic acids is 3. The van der Waals surface area contributed by atoms with Crippen LogP contribution in [0.2, 0.25) is 0 Å². The van der Waals surface area contributed by atoms with Crippen LogP contribution in [0.1, 0.15) is 40.6 Å². The Morgan fingerprint density at radius 1 is 1.00 bits per heavy atom. The van der Waals surface area contributed by atoms with Crippen molar-refractivity contribution >= 4 is 23.4 Å². The van der Waals surface area contributed by atoms with Gasteiger partial charge in [-0.25, -0.2) is 0 Å². The largest absolute Gasteiger partial charge is 0.355 e. The Hall–Kier alpha value is -3.26. The van der Waals surface area contributed by atoms with Gasteiger partial charge in [-0.15, -0.1) is 0 Å². The minimum Gasteiger partial charge on any atom is -0.355 e. The molecule has 0 bridgehead atoms. The third-order valence-electron chi connectivity index (χ3n) is 5.17. The van der Waals surface area contributed by atoms with E-state index >= 15 is 0 Å². The summed E-state index contributed by atoms with van der Waals surface area (Å²) in [7, 11) is 0. The monoisotopic (exact) mass is 423 g/mol. The fraction of sp³-hybridized carbons (Fsp3) is 0.391. The summed E-state index contributed by atoms with van der Waals surface area (Å²) in [6.07, 6.45) is 3.60. The molecule has 0 aliphatic carbocycles. The Bertz CT molecular complexity index is 878. The Morgan fingerprint density at radius 3 is 2.39 bits per heavy atom. The molecule has 1 aromatic heterocycles. The van der Waals surface area contributed by atoms with Gasteiger partial charge in [-0.3, -0.25) is 24.3 Å². The van der Waals surface area contributed by atoms with Gasteiger partial charge in [0.25, 0.3) is 11.8 Å². The Balaban J connectivity index is 1.46. The van der Waals surface area contributed by atoms with Crippen molar-refractivity contribution in [2.45, 2.75) is 19.8 Å². The second kappa shape index (κ2) is 11.2. The highest BCUT2D eigenvalue weighted by atomic mass is 16.2. The molecule has 0 radical (unpaired) electrons. The highest BCUT2D eigenvalue weighted by Gasteiger charge is 2.23. The van der Waals surface area contributed by atoms with Crippen LogP contribution in [0.15, 0.2) is 48.7 Å². The molecule has 1 saturated heterocycles. The number of hydrogen-bond donors (Lipinski definition) is 2. The summed E-state index contributed by atoms with van der Waals surface area (Å²) < 4.78 is 0. The molecule has 1 aromatic carbocycles. The van der Waals surface area contributed by atoms with Crippen LogP contribution in [-0.2, 0) is 4.79 Å². The maximum Gasteiger partial charge on any atom is 0.274 e. The molecule has 3 amide bonds. The number of rotatable bonds is 8. The minimum atomic E-state index is -0.297. The van der Waals surface area contributed by atoms with E-state index in [1.165, 1.54) is 0 Å². The first kappa shape index (κ1) is 22.4. The van der Waals surface area contributed by atoms with Gasteiger partial charge in [-0.05, 0) is 42.8 Å². The molecule has 2 aromatic rings. The normalized spacial score (nSPS) is 14.2. The molecule has 31 heavy (non-hydrogen) atoms. The van der Waals surface area contributed by atoms with Crippen molar-refractivity contribution in [1.29, 1.82) is 0 Å². The molecule has 0 atom stereocenters. The molecule has 1 aliphatic heterocycles. The number of pyridine rings is 1. The van der Waals surface area contributed by atoms with E-state index < -0.39 is 0 Å². The minimum absolute atomic E-state index is 0.0385. The number of aromatic nitrogens is 1. The van der Waals surface area contributed by atoms with Crippen LogP contribution in [0.25, 0.3) is 0 Å². The molecule has 2 heterocycles. The summed E-state index contributed by atoms with van der Waals surface area (Å²) >= 11 is 0. The number of anilines is 1. The molecular formula is C23H29N5O3. The molecule has 164 valence electrons. The fourth-order valence-electron chi connectivity index (χ4n) is 3.34. The lowest BCUT2D eigenvalue weighted by molar-refractivity contribution is -0.122. The van der Waals surface area contributed by atoms with Crippen molar-refractivity contribution in [3.05, 3.63) is 59.9 Å². The predicted octanol–water partition coefficient (Wildman–Crippen LogP) is 2.01. The summed E-state index contributed by atoms with van der Waals surface area (Å²) in [5, 5.41) is 5.70. The molecule has 8 nitrogen and oxygen atoms in total. The first-order chi connectivity index (χ1) is 15.1. The van der Waals surface area contributed by atoms with Gasteiger partial charge in [0, 0.05) is 50.2 Å². The highest BCUT2D eigenvalue weighted by molar-refractivity contribution is 6.03. The number of hydrogen-bond acceptors (Lipinski definition) is 5. The van der Waals surface area contributed by atoms with Crippen molar-refractivity contribution in [2.75, 3.05) is 44.6 Å². The van der Waals surface area contributed by atoms with E-state index in [9.17, 15) is 14.4 Å². The van der Waals surface area contributed by atoms with Crippen LogP contribution in [0, 0.1) is 0 Å². The third-order valence-corrected chi connectivity index (χ3v) is 5.17. The number of nitrogens with one attached hydrogen (secondary N) is 2. The van der Waals surface area contributed by atoms with Crippen LogP contribution in [-0.4, -0.2) is 71.8 Å². The molecule has 1 fully saturated rings. The van der Waals surface area contributed by atoms with Crippen LogP contribution < -0.4 is 10.6 Å². The lowest BCUT2D eigenvalue weighted by Crippen LogP contribution is -2.51. The Labute approximate surface area is 182 Å². The molecule has 0 unspecified atom stereocenters. The van der Waals surface area contributed by atoms with Gasteiger partial charge in [0.05, 0.1) is 6.54 Å². The molecular weight excluding hydrogens is 394 g/mol. The van der Waals surface area contributed by atoms with Crippen molar-refractivity contribution in [3.8, 4) is 0 Å². The number of unbranched alkanes of at least 4 members (excludes halogenated alkanes) is 1. The number of nitrogens with zero attached hydrogens (tertiary/aromatic N) is 3. The van der Waals surface area contributed by atoms with E-state index in [-0.39, 0.29) is 17.7 Å². The summed E-state index contributed by atoms with van der Waals surface area (Å²) in [6.45, 7) is 5.69. The van der Waals surface area contributed by atoms with Crippen LogP contribution in [0.4, 0.5) is 5.69 Å². The zero-order valence-corrected chi connectivity index (χ0v) is 17.8. The quantitative estimate of drug-likeness (QED) is 0.634. The molecule has 2 N–H and O–H groups in total. The number of amides is 3. The smallest absolute Gasteiger partial charge is 0.274 e. The van der Waals surface area contributed by atoms with E-state index in [2.05, 4.69) is 27.4 Å². The predicted molar refractivity (Wildman–Crippen MR) is 119 cm³/mol. The zero-order chi connectivity index (χ0) is 22.1. The Morgan fingerprint density at radius 2 is 1.74 bits per heavy atom. The zero-order valence-electron chi connectivity index (χ0n) is 17.8. The maximum absolute atomic E-state index is 12.8. The van der Waals surface area contributed by atoms with Crippen LogP contribution in [0.3, 0.4) is 0 Å². The van der Waals surface area contributed by atoms with E-state index in [1.807, 2.05) is 0 Å². The van der Waals surface area contributed by atoms with Gasteiger partial charge < -0.3 is 15.5 Å². The SMILES string of the molecule is CCCCNC(=O)CN1CCN(C(=O)c2ccc(NC(=O)c3ccccn3)cc2)CC1. The average Bonchev–Trinajstić information content (AvgIpc) is 2.80. The van der Waals surface area contributed by atoms with E-state index in [4.69, 9.17) is 0 Å². The summed E-state index contributed by atoms with van der Waals surface area (Å²) in [4.78, 5) is 44.8. The lowest BCUT2D eigenvalue weighted by atomic mass is 10.1. The van der Waals surface area contributed by atoms with Gasteiger partial charge in [0.1, 0.15) is 5.69 Å². The van der Waals surface area contributed by atoms with Gasteiger partial charge >= 0.3 is 0 Å². The number of carbonyl (C=O) groups is 3. The van der Waals surface area contributed by atoms with Gasteiger partial charge in [0.15, 0.2) is 0 Å². The molecule has 8 heteroatoms. The Kier molecular flexibility index (Phi) is 8.12. The van der Waals surface area contributed by atoms with Gasteiger partial charge in [-0.1, -0.05) is 19.4 Å². The fourth-order valence-corrected chi connectivity index (χ4v) is 3.34. The molecule has 0 saturated carbocycles. The third kappa shape index (κ3) is 6.62. The molecule has 1 aliphatic rings. The first-order valence-electron chi connectivity index (χ1n) is 10.7. The van der Waals surface area contributed by atoms with E-state index in [1.54, 1.807) is 53.6 Å².